The first kappa shape index (κ1) is 12.0. The minimum atomic E-state index is 0.0273. The molecule has 1 rings (SSSR count). The summed E-state index contributed by atoms with van der Waals surface area (Å²) in [7, 11) is 1.63. The maximum absolute atomic E-state index is 11.7. The van der Waals surface area contributed by atoms with Gasteiger partial charge in [0.05, 0.1) is 6.61 Å². The number of ether oxygens (including phenoxy) is 1. The van der Waals surface area contributed by atoms with E-state index in [-0.39, 0.29) is 11.0 Å². The molecule has 0 radical (unpaired) electrons. The molecule has 3 heteroatoms. The van der Waals surface area contributed by atoms with Gasteiger partial charge < -0.3 is 9.30 Å². The molecular formula is C12H19NO2. The van der Waals surface area contributed by atoms with Crippen LogP contribution in [0.2, 0.25) is 0 Å². The number of rotatable bonds is 3. The van der Waals surface area contributed by atoms with Gasteiger partial charge in [0, 0.05) is 25.9 Å². The van der Waals surface area contributed by atoms with Crippen molar-refractivity contribution in [2.75, 3.05) is 13.7 Å². The summed E-state index contributed by atoms with van der Waals surface area (Å²) in [5.74, 6) is 0. The molecule has 0 fully saturated rings. The fraction of sp³-hybridized carbons (Fsp3) is 0.583. The summed E-state index contributed by atoms with van der Waals surface area (Å²) < 4.78 is 6.60. The Balaban J connectivity index is 2.94. The lowest BCUT2D eigenvalue weighted by Crippen LogP contribution is -2.24. The first-order valence-corrected chi connectivity index (χ1v) is 5.15. The highest BCUT2D eigenvalue weighted by Crippen LogP contribution is 2.19. The molecule has 0 spiro atoms. The number of hydrogen-bond donors (Lipinski definition) is 0. The van der Waals surface area contributed by atoms with E-state index in [1.807, 2.05) is 12.3 Å². The predicted octanol–water partition coefficient (Wildman–Crippen LogP) is 1.79. The second-order valence-corrected chi connectivity index (χ2v) is 4.69. The predicted molar refractivity (Wildman–Crippen MR) is 61.3 cm³/mol. The zero-order chi connectivity index (χ0) is 11.5. The molecule has 0 unspecified atom stereocenters. The first-order chi connectivity index (χ1) is 6.95. The van der Waals surface area contributed by atoms with Crippen LogP contribution in [0.25, 0.3) is 0 Å². The van der Waals surface area contributed by atoms with Crippen LogP contribution in [0.4, 0.5) is 0 Å². The van der Waals surface area contributed by atoms with Gasteiger partial charge in [0.15, 0.2) is 0 Å². The molecule has 0 saturated heterocycles. The van der Waals surface area contributed by atoms with E-state index in [4.69, 9.17) is 4.74 Å². The molecule has 0 aliphatic rings. The highest BCUT2D eigenvalue weighted by Gasteiger charge is 2.14. The molecule has 0 bridgehead atoms. The molecule has 0 aromatic carbocycles. The Hall–Kier alpha value is -1.09. The molecule has 0 aliphatic carbocycles. The Morgan fingerprint density at radius 3 is 2.53 bits per heavy atom. The van der Waals surface area contributed by atoms with Crippen LogP contribution in [0.1, 0.15) is 26.3 Å². The van der Waals surface area contributed by atoms with Crippen LogP contribution in [0.15, 0.2) is 23.1 Å². The van der Waals surface area contributed by atoms with E-state index < -0.39 is 0 Å². The lowest BCUT2D eigenvalue weighted by atomic mass is 9.88. The second kappa shape index (κ2) is 4.62. The Bertz CT molecular complexity index is 374. The molecular weight excluding hydrogens is 190 g/mol. The van der Waals surface area contributed by atoms with E-state index in [9.17, 15) is 4.79 Å². The van der Waals surface area contributed by atoms with Crippen LogP contribution < -0.4 is 5.56 Å². The maximum Gasteiger partial charge on any atom is 0.250 e. The van der Waals surface area contributed by atoms with Crippen LogP contribution in [0.5, 0.6) is 0 Å². The zero-order valence-electron chi connectivity index (χ0n) is 9.91. The highest BCUT2D eigenvalue weighted by molar-refractivity contribution is 5.19. The molecule has 0 amide bonds. The van der Waals surface area contributed by atoms with Gasteiger partial charge in [-0.05, 0) is 17.0 Å². The van der Waals surface area contributed by atoms with Gasteiger partial charge in [-0.2, -0.15) is 0 Å². The van der Waals surface area contributed by atoms with Crippen molar-refractivity contribution in [3.63, 3.8) is 0 Å². The monoisotopic (exact) mass is 209 g/mol. The summed E-state index contributed by atoms with van der Waals surface area (Å²) in [5.41, 5.74) is 1.14. The Morgan fingerprint density at radius 1 is 1.40 bits per heavy atom. The Kier molecular flexibility index (Phi) is 3.69. The highest BCUT2D eigenvalue weighted by atomic mass is 16.5. The summed E-state index contributed by atoms with van der Waals surface area (Å²) in [5, 5.41) is 0. The summed E-state index contributed by atoms with van der Waals surface area (Å²) in [6.45, 7) is 7.47. The van der Waals surface area contributed by atoms with Crippen molar-refractivity contribution >= 4 is 0 Å². The van der Waals surface area contributed by atoms with Crippen LogP contribution >= 0.6 is 0 Å². The van der Waals surface area contributed by atoms with E-state index in [2.05, 4.69) is 20.8 Å². The lowest BCUT2D eigenvalue weighted by Gasteiger charge is -2.19. The number of hydrogen-bond acceptors (Lipinski definition) is 2. The van der Waals surface area contributed by atoms with Crippen molar-refractivity contribution in [2.24, 2.45) is 0 Å². The van der Waals surface area contributed by atoms with Gasteiger partial charge in [0.1, 0.15) is 0 Å². The van der Waals surface area contributed by atoms with Crippen LogP contribution in [0.3, 0.4) is 0 Å². The van der Waals surface area contributed by atoms with Gasteiger partial charge in [-0.15, -0.1) is 0 Å². The summed E-state index contributed by atoms with van der Waals surface area (Å²) >= 11 is 0. The molecule has 0 atom stereocenters. The minimum absolute atomic E-state index is 0.0273. The molecule has 84 valence electrons. The zero-order valence-corrected chi connectivity index (χ0v) is 9.91. The number of methoxy groups -OCH3 is 1. The second-order valence-electron chi connectivity index (χ2n) is 4.69. The fourth-order valence-electron chi connectivity index (χ4n) is 1.35. The molecule has 1 aromatic heterocycles. The first-order valence-electron chi connectivity index (χ1n) is 5.15. The molecule has 0 saturated carbocycles. The Morgan fingerprint density at radius 2 is 2.07 bits per heavy atom. The van der Waals surface area contributed by atoms with E-state index in [0.717, 1.165) is 5.56 Å². The third-order valence-electron chi connectivity index (χ3n) is 2.40. The molecule has 1 aromatic rings. The van der Waals surface area contributed by atoms with Crippen molar-refractivity contribution in [3.05, 3.63) is 34.2 Å². The smallest absolute Gasteiger partial charge is 0.250 e. The molecule has 15 heavy (non-hydrogen) atoms. The summed E-state index contributed by atoms with van der Waals surface area (Å²) in [6.07, 6.45) is 1.84. The average molecular weight is 209 g/mol. The van der Waals surface area contributed by atoms with E-state index in [1.54, 1.807) is 17.7 Å². The van der Waals surface area contributed by atoms with E-state index >= 15 is 0 Å². The van der Waals surface area contributed by atoms with Gasteiger partial charge in [-0.3, -0.25) is 4.79 Å². The third-order valence-corrected chi connectivity index (χ3v) is 2.40. The van der Waals surface area contributed by atoms with Crippen molar-refractivity contribution in [2.45, 2.75) is 32.7 Å². The van der Waals surface area contributed by atoms with Crippen molar-refractivity contribution in [3.8, 4) is 0 Å². The van der Waals surface area contributed by atoms with Gasteiger partial charge in [-0.25, -0.2) is 0 Å². The third kappa shape index (κ3) is 3.20. The van der Waals surface area contributed by atoms with Crippen LogP contribution in [-0.4, -0.2) is 18.3 Å². The van der Waals surface area contributed by atoms with E-state index in [0.29, 0.717) is 13.2 Å². The standard InChI is InChI=1S/C12H19NO2/c1-12(2,3)10-5-6-13(7-8-15-4)11(14)9-10/h5-6,9H,7-8H2,1-4H3. The largest absolute Gasteiger partial charge is 0.383 e. The van der Waals surface area contributed by atoms with Gasteiger partial charge in [0.2, 0.25) is 0 Å². The number of aromatic nitrogens is 1. The lowest BCUT2D eigenvalue weighted by molar-refractivity contribution is 0.186. The summed E-state index contributed by atoms with van der Waals surface area (Å²) in [4.78, 5) is 11.7. The van der Waals surface area contributed by atoms with Gasteiger partial charge in [0.25, 0.3) is 5.56 Å². The van der Waals surface area contributed by atoms with Gasteiger partial charge >= 0.3 is 0 Å². The number of nitrogens with zero attached hydrogens (tertiary/aromatic N) is 1. The SMILES string of the molecule is COCCn1ccc(C(C)(C)C)cc1=O. The quantitative estimate of drug-likeness (QED) is 0.760. The molecule has 0 N–H and O–H groups in total. The van der Waals surface area contributed by atoms with Crippen molar-refractivity contribution in [1.29, 1.82) is 0 Å². The fourth-order valence-corrected chi connectivity index (χ4v) is 1.35. The molecule has 3 nitrogen and oxygen atoms in total. The van der Waals surface area contributed by atoms with Crippen LogP contribution in [-0.2, 0) is 16.7 Å². The van der Waals surface area contributed by atoms with Crippen molar-refractivity contribution in [1.82, 2.24) is 4.57 Å². The maximum atomic E-state index is 11.7. The van der Waals surface area contributed by atoms with Crippen molar-refractivity contribution < 1.29 is 4.74 Å². The minimum Gasteiger partial charge on any atom is -0.383 e. The van der Waals surface area contributed by atoms with Gasteiger partial charge in [-0.1, -0.05) is 20.8 Å². The normalized spacial score (nSPS) is 11.7. The molecule has 1 heterocycles. The van der Waals surface area contributed by atoms with E-state index in [1.165, 1.54) is 0 Å². The molecule has 0 aliphatic heterocycles. The average Bonchev–Trinajstić information content (AvgIpc) is 2.14. The summed E-state index contributed by atoms with van der Waals surface area (Å²) in [6, 6.07) is 3.70. The Labute approximate surface area is 90.7 Å². The van der Waals surface area contributed by atoms with Crippen LogP contribution in [0, 0.1) is 0 Å². The number of pyridine rings is 1. The topological polar surface area (TPSA) is 31.2 Å².